The van der Waals surface area contributed by atoms with Crippen LogP contribution in [0.5, 0.6) is 5.75 Å². The van der Waals surface area contributed by atoms with Gasteiger partial charge in [0.1, 0.15) is 12.4 Å². The zero-order valence-corrected chi connectivity index (χ0v) is 14.4. The molecule has 1 N–H and O–H groups in total. The lowest BCUT2D eigenvalue weighted by Gasteiger charge is -2.13. The molecule has 2 aromatic rings. The number of nitrogens with one attached hydrogen (secondary N) is 1. The minimum absolute atomic E-state index is 0. The van der Waals surface area contributed by atoms with Crippen molar-refractivity contribution >= 4 is 24.0 Å². The Kier molecular flexibility index (Phi) is 8.98. The second-order valence-corrected chi connectivity index (χ2v) is 5.49. The summed E-state index contributed by atoms with van der Waals surface area (Å²) in [6.45, 7) is 4.56. The highest BCUT2D eigenvalue weighted by Crippen LogP contribution is 2.23. The number of hydrogen-bond donors (Lipinski definition) is 1. The van der Waals surface area contributed by atoms with Crippen molar-refractivity contribution in [2.45, 2.75) is 32.9 Å². The molecule has 0 fully saturated rings. The molecular weight excluding hydrogens is 317 g/mol. The summed E-state index contributed by atoms with van der Waals surface area (Å²) in [6, 6.07) is 16.0. The first-order valence-electron chi connectivity index (χ1n) is 7.45. The van der Waals surface area contributed by atoms with E-state index in [1.807, 2.05) is 36.4 Å². The third-order valence-corrected chi connectivity index (χ3v) is 3.52. The third-order valence-electron chi connectivity index (χ3n) is 3.28. The van der Waals surface area contributed by atoms with Crippen molar-refractivity contribution in [2.24, 2.45) is 0 Å². The summed E-state index contributed by atoms with van der Waals surface area (Å²) in [5.74, 6) is 0.896. The van der Waals surface area contributed by atoms with Gasteiger partial charge in [-0.3, -0.25) is 0 Å². The van der Waals surface area contributed by atoms with Crippen molar-refractivity contribution in [3.8, 4) is 5.75 Å². The van der Waals surface area contributed by atoms with Crippen molar-refractivity contribution < 1.29 is 4.74 Å². The van der Waals surface area contributed by atoms with E-state index in [1.54, 1.807) is 0 Å². The molecular formula is C18H23Cl2NO. The summed E-state index contributed by atoms with van der Waals surface area (Å²) in [6.07, 6.45) is 2.38. The highest BCUT2D eigenvalue weighted by Gasteiger charge is 2.05. The lowest BCUT2D eigenvalue weighted by atomic mass is 10.2. The Hall–Kier alpha value is -1.22. The van der Waals surface area contributed by atoms with Crippen LogP contribution in [0.3, 0.4) is 0 Å². The molecule has 0 unspecified atom stereocenters. The first-order chi connectivity index (χ1) is 10.3. The van der Waals surface area contributed by atoms with Crippen LogP contribution in [-0.4, -0.2) is 6.54 Å². The molecule has 4 heteroatoms. The molecule has 0 saturated carbocycles. The summed E-state index contributed by atoms with van der Waals surface area (Å²) >= 11 is 6.09. The van der Waals surface area contributed by atoms with E-state index >= 15 is 0 Å². The topological polar surface area (TPSA) is 21.3 Å². The Morgan fingerprint density at radius 3 is 2.59 bits per heavy atom. The van der Waals surface area contributed by atoms with Crippen LogP contribution in [0.2, 0.25) is 5.02 Å². The van der Waals surface area contributed by atoms with E-state index in [0.29, 0.717) is 6.61 Å². The maximum Gasteiger partial charge on any atom is 0.124 e. The molecule has 2 nitrogen and oxygen atoms in total. The van der Waals surface area contributed by atoms with Gasteiger partial charge in [-0.25, -0.2) is 0 Å². The number of unbranched alkanes of at least 4 members (excludes halogenated alkanes) is 1. The van der Waals surface area contributed by atoms with E-state index in [0.717, 1.165) is 35.0 Å². The van der Waals surface area contributed by atoms with Gasteiger partial charge in [0.25, 0.3) is 0 Å². The zero-order valence-electron chi connectivity index (χ0n) is 12.8. The van der Waals surface area contributed by atoms with Crippen LogP contribution in [0, 0.1) is 0 Å². The highest BCUT2D eigenvalue weighted by molar-refractivity contribution is 6.30. The number of hydrogen-bond acceptors (Lipinski definition) is 2. The fourth-order valence-electron chi connectivity index (χ4n) is 2.09. The Bertz CT molecular complexity index is 546. The van der Waals surface area contributed by atoms with Gasteiger partial charge in [0.2, 0.25) is 0 Å². The monoisotopic (exact) mass is 339 g/mol. The van der Waals surface area contributed by atoms with Crippen molar-refractivity contribution in [3.63, 3.8) is 0 Å². The molecule has 0 atom stereocenters. The summed E-state index contributed by atoms with van der Waals surface area (Å²) in [4.78, 5) is 0. The van der Waals surface area contributed by atoms with Crippen LogP contribution in [0.1, 0.15) is 30.9 Å². The Morgan fingerprint density at radius 1 is 1.09 bits per heavy atom. The molecule has 0 amide bonds. The van der Waals surface area contributed by atoms with Gasteiger partial charge in [-0.2, -0.15) is 0 Å². The predicted molar refractivity (Wildman–Crippen MR) is 96.1 cm³/mol. The van der Waals surface area contributed by atoms with Crippen LogP contribution in [0.25, 0.3) is 0 Å². The van der Waals surface area contributed by atoms with Crippen molar-refractivity contribution in [1.82, 2.24) is 5.32 Å². The summed E-state index contributed by atoms with van der Waals surface area (Å²) < 4.78 is 5.94. The Balaban J connectivity index is 0.00000242. The number of benzene rings is 2. The van der Waals surface area contributed by atoms with E-state index in [9.17, 15) is 0 Å². The van der Waals surface area contributed by atoms with Gasteiger partial charge in [-0.1, -0.05) is 55.3 Å². The van der Waals surface area contributed by atoms with Gasteiger partial charge in [-0.05, 0) is 36.7 Å². The number of rotatable bonds is 8. The quantitative estimate of drug-likeness (QED) is 0.664. The van der Waals surface area contributed by atoms with Crippen molar-refractivity contribution in [1.29, 1.82) is 0 Å². The lowest BCUT2D eigenvalue weighted by Crippen LogP contribution is -2.15. The highest BCUT2D eigenvalue weighted by atomic mass is 35.5. The number of halogens is 2. The van der Waals surface area contributed by atoms with Crippen LogP contribution in [0.15, 0.2) is 48.5 Å². The molecule has 2 aromatic carbocycles. The first-order valence-corrected chi connectivity index (χ1v) is 7.83. The van der Waals surface area contributed by atoms with Gasteiger partial charge in [0, 0.05) is 17.1 Å². The average Bonchev–Trinajstić information content (AvgIpc) is 2.52. The molecule has 0 bridgehead atoms. The van der Waals surface area contributed by atoms with Crippen LogP contribution in [-0.2, 0) is 13.2 Å². The second-order valence-electron chi connectivity index (χ2n) is 5.06. The Morgan fingerprint density at radius 2 is 1.86 bits per heavy atom. The van der Waals surface area contributed by atoms with Crippen molar-refractivity contribution in [2.75, 3.05) is 6.54 Å². The van der Waals surface area contributed by atoms with Gasteiger partial charge >= 0.3 is 0 Å². The van der Waals surface area contributed by atoms with E-state index in [4.69, 9.17) is 16.3 Å². The lowest BCUT2D eigenvalue weighted by molar-refractivity contribution is 0.302. The molecule has 0 spiro atoms. The fraction of sp³-hybridized carbons (Fsp3) is 0.333. The minimum Gasteiger partial charge on any atom is -0.489 e. The van der Waals surface area contributed by atoms with E-state index in [1.165, 1.54) is 12.8 Å². The van der Waals surface area contributed by atoms with Gasteiger partial charge < -0.3 is 10.1 Å². The fourth-order valence-corrected chi connectivity index (χ4v) is 2.28. The van der Waals surface area contributed by atoms with Crippen LogP contribution in [0.4, 0.5) is 0 Å². The molecule has 0 radical (unpaired) electrons. The smallest absolute Gasteiger partial charge is 0.124 e. The van der Waals surface area contributed by atoms with Crippen molar-refractivity contribution in [3.05, 3.63) is 64.7 Å². The second kappa shape index (κ2) is 10.5. The van der Waals surface area contributed by atoms with Gasteiger partial charge in [0.15, 0.2) is 0 Å². The van der Waals surface area contributed by atoms with Gasteiger partial charge in [-0.15, -0.1) is 12.4 Å². The molecule has 0 aliphatic carbocycles. The molecule has 0 aliphatic heterocycles. The average molecular weight is 340 g/mol. The summed E-state index contributed by atoms with van der Waals surface area (Å²) in [5.41, 5.74) is 2.27. The van der Waals surface area contributed by atoms with Crippen LogP contribution >= 0.6 is 24.0 Å². The molecule has 22 heavy (non-hydrogen) atoms. The van der Waals surface area contributed by atoms with E-state index in [-0.39, 0.29) is 12.4 Å². The van der Waals surface area contributed by atoms with E-state index < -0.39 is 0 Å². The molecule has 120 valence electrons. The number of ether oxygens (including phenoxy) is 1. The predicted octanol–water partition coefficient (Wildman–Crippen LogP) is 5.23. The molecule has 2 rings (SSSR count). The molecule has 0 aromatic heterocycles. The van der Waals surface area contributed by atoms with E-state index in [2.05, 4.69) is 24.4 Å². The Labute approximate surface area is 144 Å². The maximum atomic E-state index is 6.09. The molecule has 0 aliphatic rings. The largest absolute Gasteiger partial charge is 0.489 e. The zero-order chi connectivity index (χ0) is 14.9. The molecule has 0 saturated heterocycles. The normalized spacial score (nSPS) is 10.1. The minimum atomic E-state index is 0. The molecule has 0 heterocycles. The third kappa shape index (κ3) is 6.27. The summed E-state index contributed by atoms with van der Waals surface area (Å²) in [7, 11) is 0. The standard InChI is InChI=1S/C18H22ClNO.ClH/c1-2-3-11-20-13-16-12-17(19)9-10-18(16)21-14-15-7-5-4-6-8-15;/h4-10,12,20H,2-3,11,13-14H2,1H3;1H. The van der Waals surface area contributed by atoms with Gasteiger partial charge in [0.05, 0.1) is 0 Å². The first kappa shape index (κ1) is 18.8. The maximum absolute atomic E-state index is 6.09. The SMILES string of the molecule is CCCCNCc1cc(Cl)ccc1OCc1ccccc1.Cl. The summed E-state index contributed by atoms with van der Waals surface area (Å²) in [5, 5.41) is 4.17. The van der Waals surface area contributed by atoms with Crippen LogP contribution < -0.4 is 10.1 Å².